The standard InChI is InChI=1S/C17H22N2O/c1-13(14-5-7-17(18-20)8-6-14)11-19-10-9-15-3-2-4-16(15)12-19/h5-8,15-16H,1-4,9-12H2. The van der Waals surface area contributed by atoms with E-state index in [1.165, 1.54) is 38.8 Å². The summed E-state index contributed by atoms with van der Waals surface area (Å²) in [5.41, 5.74) is 2.73. The van der Waals surface area contributed by atoms with E-state index in [2.05, 4.69) is 16.7 Å². The van der Waals surface area contributed by atoms with Gasteiger partial charge in [0.25, 0.3) is 0 Å². The number of nitrogens with zero attached hydrogens (tertiary/aromatic N) is 2. The molecule has 0 radical (unpaired) electrons. The van der Waals surface area contributed by atoms with E-state index in [1.807, 2.05) is 12.1 Å². The first kappa shape index (κ1) is 13.5. The molecule has 2 fully saturated rings. The van der Waals surface area contributed by atoms with Crippen LogP contribution in [0.5, 0.6) is 0 Å². The second-order valence-corrected chi connectivity index (χ2v) is 6.22. The fraction of sp³-hybridized carbons (Fsp3) is 0.529. The predicted molar refractivity (Wildman–Crippen MR) is 82.8 cm³/mol. The molecule has 1 aromatic carbocycles. The summed E-state index contributed by atoms with van der Waals surface area (Å²) in [4.78, 5) is 13.0. The fourth-order valence-corrected chi connectivity index (χ4v) is 3.77. The van der Waals surface area contributed by atoms with Gasteiger partial charge in [-0.1, -0.05) is 31.6 Å². The Morgan fingerprint density at radius 2 is 1.95 bits per heavy atom. The molecule has 1 saturated heterocycles. The van der Waals surface area contributed by atoms with Crippen LogP contribution in [0.15, 0.2) is 36.0 Å². The third kappa shape index (κ3) is 2.83. The van der Waals surface area contributed by atoms with Gasteiger partial charge in [0.15, 0.2) is 0 Å². The number of rotatable bonds is 4. The molecule has 1 aliphatic carbocycles. The van der Waals surface area contributed by atoms with Gasteiger partial charge in [-0.25, -0.2) is 0 Å². The molecule has 2 unspecified atom stereocenters. The Morgan fingerprint density at radius 3 is 2.70 bits per heavy atom. The molecule has 20 heavy (non-hydrogen) atoms. The van der Waals surface area contributed by atoms with E-state index >= 15 is 0 Å². The lowest BCUT2D eigenvalue weighted by Gasteiger charge is -2.35. The SMILES string of the molecule is C=C(CN1CCC2CCCC2C1)c1ccc(N=O)cc1. The molecular formula is C17H22N2O. The molecule has 106 valence electrons. The quantitative estimate of drug-likeness (QED) is 0.767. The first-order chi connectivity index (χ1) is 9.76. The van der Waals surface area contributed by atoms with Crippen molar-refractivity contribution in [2.45, 2.75) is 25.7 Å². The molecule has 0 aromatic heterocycles. The van der Waals surface area contributed by atoms with Gasteiger partial charge in [0.05, 0.1) is 0 Å². The van der Waals surface area contributed by atoms with Crippen molar-refractivity contribution < 1.29 is 0 Å². The van der Waals surface area contributed by atoms with Crippen molar-refractivity contribution in [3.05, 3.63) is 41.3 Å². The molecular weight excluding hydrogens is 248 g/mol. The van der Waals surface area contributed by atoms with Crippen LogP contribution in [0.1, 0.15) is 31.2 Å². The largest absolute Gasteiger partial charge is 0.299 e. The zero-order valence-corrected chi connectivity index (χ0v) is 11.9. The van der Waals surface area contributed by atoms with Crippen molar-refractivity contribution in [1.29, 1.82) is 0 Å². The van der Waals surface area contributed by atoms with Gasteiger partial charge in [-0.15, -0.1) is 4.91 Å². The second kappa shape index (κ2) is 5.88. The molecule has 2 atom stereocenters. The Kier molecular flexibility index (Phi) is 3.97. The molecule has 0 bridgehead atoms. The van der Waals surface area contributed by atoms with Crippen LogP contribution < -0.4 is 0 Å². The minimum absolute atomic E-state index is 0.480. The van der Waals surface area contributed by atoms with Crippen LogP contribution in [0.25, 0.3) is 5.57 Å². The monoisotopic (exact) mass is 270 g/mol. The molecule has 1 heterocycles. The Labute approximate surface area is 120 Å². The summed E-state index contributed by atoms with van der Waals surface area (Å²) in [5.74, 6) is 1.90. The van der Waals surface area contributed by atoms with Crippen molar-refractivity contribution in [3.63, 3.8) is 0 Å². The summed E-state index contributed by atoms with van der Waals surface area (Å²) < 4.78 is 0. The minimum Gasteiger partial charge on any atom is -0.299 e. The smallest absolute Gasteiger partial charge is 0.108 e. The first-order valence-corrected chi connectivity index (χ1v) is 7.60. The molecule has 0 spiro atoms. The maximum atomic E-state index is 10.4. The highest BCUT2D eigenvalue weighted by Gasteiger charge is 2.32. The summed E-state index contributed by atoms with van der Waals surface area (Å²) in [6, 6.07) is 7.41. The average Bonchev–Trinajstić information content (AvgIpc) is 2.95. The van der Waals surface area contributed by atoms with Gasteiger partial charge in [-0.2, -0.15) is 0 Å². The summed E-state index contributed by atoms with van der Waals surface area (Å²) >= 11 is 0. The van der Waals surface area contributed by atoms with Crippen LogP contribution in [0, 0.1) is 16.7 Å². The topological polar surface area (TPSA) is 32.7 Å². The van der Waals surface area contributed by atoms with Crippen molar-refractivity contribution in [2.75, 3.05) is 19.6 Å². The van der Waals surface area contributed by atoms with Crippen LogP contribution in [0.3, 0.4) is 0 Å². The number of likely N-dealkylation sites (tertiary alicyclic amines) is 1. The highest BCUT2D eigenvalue weighted by molar-refractivity contribution is 5.66. The third-order valence-corrected chi connectivity index (χ3v) is 4.92. The Bertz CT molecular complexity index is 494. The van der Waals surface area contributed by atoms with E-state index < -0.39 is 0 Å². The van der Waals surface area contributed by atoms with Crippen LogP contribution in [0.2, 0.25) is 0 Å². The molecule has 1 saturated carbocycles. The number of fused-ring (bicyclic) bond motifs is 1. The molecule has 0 N–H and O–H groups in total. The van der Waals surface area contributed by atoms with Crippen molar-refractivity contribution >= 4 is 11.3 Å². The first-order valence-electron chi connectivity index (χ1n) is 7.60. The molecule has 0 amide bonds. The lowest BCUT2D eigenvalue weighted by Crippen LogP contribution is -2.39. The highest BCUT2D eigenvalue weighted by atomic mass is 16.3. The van der Waals surface area contributed by atoms with Gasteiger partial charge < -0.3 is 0 Å². The number of hydrogen-bond donors (Lipinski definition) is 0. The summed E-state index contributed by atoms with van der Waals surface area (Å²) in [6.45, 7) is 7.59. The van der Waals surface area contributed by atoms with E-state index in [1.54, 1.807) is 12.1 Å². The van der Waals surface area contributed by atoms with Crippen LogP contribution >= 0.6 is 0 Å². The second-order valence-electron chi connectivity index (χ2n) is 6.22. The van der Waals surface area contributed by atoms with Gasteiger partial charge >= 0.3 is 0 Å². The maximum Gasteiger partial charge on any atom is 0.108 e. The minimum atomic E-state index is 0.480. The molecule has 3 heteroatoms. The molecule has 3 rings (SSSR count). The van der Waals surface area contributed by atoms with Crippen LogP contribution in [-0.2, 0) is 0 Å². The number of benzene rings is 1. The predicted octanol–water partition coefficient (Wildman–Crippen LogP) is 4.22. The van der Waals surface area contributed by atoms with Gasteiger partial charge in [-0.3, -0.25) is 4.90 Å². The fourth-order valence-electron chi connectivity index (χ4n) is 3.77. The molecule has 3 nitrogen and oxygen atoms in total. The zero-order chi connectivity index (χ0) is 13.9. The van der Waals surface area contributed by atoms with Crippen LogP contribution in [0.4, 0.5) is 5.69 Å². The Morgan fingerprint density at radius 1 is 1.20 bits per heavy atom. The van der Waals surface area contributed by atoms with E-state index in [0.717, 1.165) is 29.5 Å². The zero-order valence-electron chi connectivity index (χ0n) is 11.9. The normalized spacial score (nSPS) is 26.2. The number of hydrogen-bond acceptors (Lipinski definition) is 3. The Hall–Kier alpha value is -1.48. The summed E-state index contributed by atoms with van der Waals surface area (Å²) in [7, 11) is 0. The number of piperidine rings is 1. The van der Waals surface area contributed by atoms with Crippen LogP contribution in [-0.4, -0.2) is 24.5 Å². The lowest BCUT2D eigenvalue weighted by molar-refractivity contribution is 0.153. The van der Waals surface area contributed by atoms with E-state index in [4.69, 9.17) is 0 Å². The molecule has 1 aliphatic heterocycles. The highest BCUT2D eigenvalue weighted by Crippen LogP contribution is 2.38. The van der Waals surface area contributed by atoms with Crippen molar-refractivity contribution in [3.8, 4) is 0 Å². The Balaban J connectivity index is 1.59. The lowest BCUT2D eigenvalue weighted by atomic mass is 9.88. The van der Waals surface area contributed by atoms with Gasteiger partial charge in [-0.05, 0) is 59.7 Å². The molecule has 2 aliphatic rings. The summed E-state index contributed by atoms with van der Waals surface area (Å²) in [5, 5.41) is 2.93. The van der Waals surface area contributed by atoms with E-state index in [9.17, 15) is 4.91 Å². The van der Waals surface area contributed by atoms with E-state index in [0.29, 0.717) is 5.69 Å². The van der Waals surface area contributed by atoms with Gasteiger partial charge in [0, 0.05) is 13.1 Å². The van der Waals surface area contributed by atoms with Gasteiger partial charge in [0.1, 0.15) is 5.69 Å². The maximum absolute atomic E-state index is 10.4. The average molecular weight is 270 g/mol. The summed E-state index contributed by atoms with van der Waals surface area (Å²) in [6.07, 6.45) is 5.63. The number of nitroso groups, excluding NO2 is 1. The van der Waals surface area contributed by atoms with Crippen molar-refractivity contribution in [1.82, 2.24) is 4.90 Å². The van der Waals surface area contributed by atoms with Gasteiger partial charge in [0.2, 0.25) is 0 Å². The van der Waals surface area contributed by atoms with Crippen molar-refractivity contribution in [2.24, 2.45) is 17.0 Å². The van der Waals surface area contributed by atoms with E-state index in [-0.39, 0.29) is 0 Å². The third-order valence-electron chi connectivity index (χ3n) is 4.92. The molecule has 1 aromatic rings.